The number of hydrogen-bond acceptors (Lipinski definition) is 4. The van der Waals surface area contributed by atoms with Crippen molar-refractivity contribution in [3.8, 4) is 0 Å². The number of primary amides is 1. The summed E-state index contributed by atoms with van der Waals surface area (Å²) in [4.78, 5) is 33.0. The number of carbonyl (C=O) groups excluding carboxylic acids is 2. The molecular formula is C22H25BrN4O2. The fraction of sp³-hybridized carbons (Fsp3) is 0.409. The van der Waals surface area contributed by atoms with Crippen molar-refractivity contribution in [1.29, 1.82) is 0 Å². The van der Waals surface area contributed by atoms with Gasteiger partial charge >= 0.3 is 0 Å². The smallest absolute Gasteiger partial charge is 0.256 e. The molecule has 2 fully saturated rings. The van der Waals surface area contributed by atoms with Crippen LogP contribution in [0.2, 0.25) is 0 Å². The molecule has 2 amide bonds. The van der Waals surface area contributed by atoms with Gasteiger partial charge in [0.1, 0.15) is 4.60 Å². The Kier molecular flexibility index (Phi) is 5.96. The SMILES string of the molecule is NC(=O)c1ccccc1CCCN1CC2CN(C(=O)c3cccnc3Br)C[C@@H]2C1. The van der Waals surface area contributed by atoms with Gasteiger partial charge in [0.25, 0.3) is 5.91 Å². The fourth-order valence-electron chi connectivity index (χ4n) is 4.63. The van der Waals surface area contributed by atoms with E-state index in [9.17, 15) is 9.59 Å². The summed E-state index contributed by atoms with van der Waals surface area (Å²) in [5, 5.41) is 0. The van der Waals surface area contributed by atoms with Gasteiger partial charge in [-0.2, -0.15) is 0 Å². The van der Waals surface area contributed by atoms with Gasteiger partial charge in [0.2, 0.25) is 5.91 Å². The molecule has 29 heavy (non-hydrogen) atoms. The van der Waals surface area contributed by atoms with E-state index in [0.29, 0.717) is 27.6 Å². The molecule has 3 heterocycles. The summed E-state index contributed by atoms with van der Waals surface area (Å²) in [6, 6.07) is 11.2. The van der Waals surface area contributed by atoms with Crippen LogP contribution < -0.4 is 5.73 Å². The zero-order valence-corrected chi connectivity index (χ0v) is 17.8. The van der Waals surface area contributed by atoms with E-state index in [4.69, 9.17) is 5.73 Å². The zero-order chi connectivity index (χ0) is 20.4. The molecule has 4 rings (SSSR count). The van der Waals surface area contributed by atoms with Crippen LogP contribution in [0.5, 0.6) is 0 Å². The number of aromatic nitrogens is 1. The van der Waals surface area contributed by atoms with E-state index in [1.54, 1.807) is 18.3 Å². The van der Waals surface area contributed by atoms with Crippen molar-refractivity contribution in [1.82, 2.24) is 14.8 Å². The highest BCUT2D eigenvalue weighted by atomic mass is 79.9. The zero-order valence-electron chi connectivity index (χ0n) is 16.3. The van der Waals surface area contributed by atoms with Crippen molar-refractivity contribution in [3.63, 3.8) is 0 Å². The lowest BCUT2D eigenvalue weighted by Gasteiger charge is -2.22. The van der Waals surface area contributed by atoms with Crippen molar-refractivity contribution in [2.45, 2.75) is 12.8 Å². The third-order valence-electron chi connectivity index (χ3n) is 6.04. The molecule has 2 aliphatic heterocycles. The number of amides is 2. The molecule has 152 valence electrons. The van der Waals surface area contributed by atoms with Crippen molar-refractivity contribution in [2.75, 3.05) is 32.7 Å². The maximum Gasteiger partial charge on any atom is 0.256 e. The van der Waals surface area contributed by atoms with E-state index in [2.05, 4.69) is 25.8 Å². The maximum atomic E-state index is 12.8. The van der Waals surface area contributed by atoms with Gasteiger partial charge in [-0.3, -0.25) is 9.59 Å². The number of benzene rings is 1. The van der Waals surface area contributed by atoms with E-state index in [1.807, 2.05) is 29.2 Å². The van der Waals surface area contributed by atoms with Gasteiger partial charge in [0.05, 0.1) is 5.56 Å². The monoisotopic (exact) mass is 456 g/mol. The predicted octanol–water partition coefficient (Wildman–Crippen LogP) is 2.58. The second-order valence-corrected chi connectivity index (χ2v) is 8.71. The predicted molar refractivity (Wildman–Crippen MR) is 115 cm³/mol. The Morgan fingerprint density at radius 1 is 1.03 bits per heavy atom. The lowest BCUT2D eigenvalue weighted by molar-refractivity contribution is 0.0772. The largest absolute Gasteiger partial charge is 0.366 e. The lowest BCUT2D eigenvalue weighted by atomic mass is 10.0. The van der Waals surface area contributed by atoms with Gasteiger partial charge in [0, 0.05) is 37.9 Å². The molecule has 1 aromatic heterocycles. The molecule has 0 saturated carbocycles. The van der Waals surface area contributed by atoms with Crippen molar-refractivity contribution < 1.29 is 9.59 Å². The summed E-state index contributed by atoms with van der Waals surface area (Å²) in [7, 11) is 0. The van der Waals surface area contributed by atoms with E-state index in [1.165, 1.54) is 0 Å². The third-order valence-corrected chi connectivity index (χ3v) is 6.67. The van der Waals surface area contributed by atoms with Crippen molar-refractivity contribution in [2.24, 2.45) is 17.6 Å². The summed E-state index contributed by atoms with van der Waals surface area (Å²) >= 11 is 3.38. The Morgan fingerprint density at radius 3 is 2.41 bits per heavy atom. The lowest BCUT2D eigenvalue weighted by Crippen LogP contribution is -2.33. The molecule has 0 aliphatic carbocycles. The Hall–Kier alpha value is -2.25. The molecule has 2 aromatic rings. The topological polar surface area (TPSA) is 79.5 Å². The highest BCUT2D eigenvalue weighted by molar-refractivity contribution is 9.10. The number of likely N-dealkylation sites (tertiary alicyclic amines) is 2. The van der Waals surface area contributed by atoms with E-state index < -0.39 is 0 Å². The van der Waals surface area contributed by atoms with Crippen LogP contribution in [0.25, 0.3) is 0 Å². The molecule has 7 heteroatoms. The minimum atomic E-state index is -0.360. The fourth-order valence-corrected chi connectivity index (χ4v) is 5.05. The van der Waals surface area contributed by atoms with Gasteiger partial charge in [-0.1, -0.05) is 18.2 Å². The quantitative estimate of drug-likeness (QED) is 0.677. The van der Waals surface area contributed by atoms with Gasteiger partial charge in [0.15, 0.2) is 0 Å². The molecule has 0 spiro atoms. The molecule has 1 aromatic carbocycles. The molecular weight excluding hydrogens is 432 g/mol. The molecule has 6 nitrogen and oxygen atoms in total. The summed E-state index contributed by atoms with van der Waals surface area (Å²) in [5.74, 6) is 0.773. The van der Waals surface area contributed by atoms with Crippen LogP contribution in [0.3, 0.4) is 0 Å². The second-order valence-electron chi connectivity index (χ2n) is 7.96. The first kappa shape index (κ1) is 20.0. The number of aryl methyl sites for hydroxylation is 1. The summed E-state index contributed by atoms with van der Waals surface area (Å²) < 4.78 is 0.611. The summed E-state index contributed by atoms with van der Waals surface area (Å²) in [5.41, 5.74) is 7.76. The van der Waals surface area contributed by atoms with Gasteiger partial charge in [-0.15, -0.1) is 0 Å². The van der Waals surface area contributed by atoms with Crippen LogP contribution in [-0.4, -0.2) is 59.3 Å². The molecule has 1 unspecified atom stereocenters. The Bertz CT molecular complexity index is 905. The first-order valence-electron chi connectivity index (χ1n) is 10.0. The summed E-state index contributed by atoms with van der Waals surface area (Å²) in [6.07, 6.45) is 3.53. The number of fused-ring (bicyclic) bond motifs is 1. The average Bonchev–Trinajstić information content (AvgIpc) is 3.27. The third kappa shape index (κ3) is 4.36. The van der Waals surface area contributed by atoms with Crippen LogP contribution in [0, 0.1) is 11.8 Å². The molecule has 0 bridgehead atoms. The Morgan fingerprint density at radius 2 is 1.72 bits per heavy atom. The van der Waals surface area contributed by atoms with Crippen LogP contribution in [-0.2, 0) is 6.42 Å². The minimum absolute atomic E-state index is 0.0639. The number of nitrogens with two attached hydrogens (primary N) is 1. The van der Waals surface area contributed by atoms with Crippen molar-refractivity contribution in [3.05, 3.63) is 63.9 Å². The van der Waals surface area contributed by atoms with Crippen LogP contribution >= 0.6 is 15.9 Å². The van der Waals surface area contributed by atoms with Crippen LogP contribution in [0.1, 0.15) is 32.7 Å². The maximum absolute atomic E-state index is 12.8. The standard InChI is InChI=1S/C22H25BrN4O2/c23-20-19(8-3-9-25-20)22(29)27-13-16-11-26(12-17(16)14-27)10-4-6-15-5-1-2-7-18(15)21(24)28/h1-3,5,7-9,16-17H,4,6,10-14H2,(H2,24,28)/t16-,17?/m0/s1. The van der Waals surface area contributed by atoms with Crippen LogP contribution in [0.15, 0.2) is 47.2 Å². The molecule has 2 saturated heterocycles. The normalized spacial score (nSPS) is 21.3. The average molecular weight is 457 g/mol. The first-order valence-corrected chi connectivity index (χ1v) is 10.8. The molecule has 2 aliphatic rings. The highest BCUT2D eigenvalue weighted by Gasteiger charge is 2.41. The Labute approximate surface area is 179 Å². The molecule has 2 N–H and O–H groups in total. The van der Waals surface area contributed by atoms with E-state index in [0.717, 1.165) is 51.1 Å². The molecule has 0 radical (unpaired) electrons. The first-order chi connectivity index (χ1) is 14.0. The highest BCUT2D eigenvalue weighted by Crippen LogP contribution is 2.32. The minimum Gasteiger partial charge on any atom is -0.366 e. The number of rotatable bonds is 6. The summed E-state index contributed by atoms with van der Waals surface area (Å²) in [6.45, 7) is 4.68. The van der Waals surface area contributed by atoms with E-state index in [-0.39, 0.29) is 11.8 Å². The number of pyridine rings is 1. The number of halogens is 1. The van der Waals surface area contributed by atoms with Gasteiger partial charge in [-0.05, 0) is 70.9 Å². The molecule has 2 atom stereocenters. The van der Waals surface area contributed by atoms with Gasteiger partial charge < -0.3 is 15.5 Å². The number of nitrogens with zero attached hydrogens (tertiary/aromatic N) is 3. The number of hydrogen-bond donors (Lipinski definition) is 1. The number of carbonyl (C=O) groups is 2. The van der Waals surface area contributed by atoms with Crippen molar-refractivity contribution >= 4 is 27.7 Å². The van der Waals surface area contributed by atoms with E-state index >= 15 is 0 Å². The van der Waals surface area contributed by atoms with Crippen LogP contribution in [0.4, 0.5) is 0 Å². The Balaban J connectivity index is 1.27. The second kappa shape index (κ2) is 8.63. The van der Waals surface area contributed by atoms with Gasteiger partial charge in [-0.25, -0.2) is 4.98 Å².